The van der Waals surface area contributed by atoms with E-state index in [1.165, 1.54) is 12.9 Å². The lowest BCUT2D eigenvalue weighted by molar-refractivity contribution is -0.162. The third-order valence-corrected chi connectivity index (χ3v) is 5.13. The molecule has 0 aromatic heterocycles. The van der Waals surface area contributed by atoms with Gasteiger partial charge in [0.15, 0.2) is 11.0 Å². The first-order valence-corrected chi connectivity index (χ1v) is 9.60. The number of ketones is 1. The molecule has 1 aliphatic heterocycles. The Bertz CT molecular complexity index is 850. The van der Waals surface area contributed by atoms with Gasteiger partial charge in [-0.2, -0.15) is 8.42 Å². The predicted molar refractivity (Wildman–Crippen MR) is 92.8 cm³/mol. The summed E-state index contributed by atoms with van der Waals surface area (Å²) in [5.74, 6) is -1.64. The lowest BCUT2D eigenvalue weighted by atomic mass is 9.87. The molecule has 1 N–H and O–H groups in total. The third-order valence-electron chi connectivity index (χ3n) is 4.05. The normalized spacial score (nSPS) is 22.0. The molecule has 0 amide bonds. The summed E-state index contributed by atoms with van der Waals surface area (Å²) in [7, 11) is -4.84. The van der Waals surface area contributed by atoms with Crippen LogP contribution in [0.1, 0.15) is 40.5 Å². The van der Waals surface area contributed by atoms with E-state index in [0.717, 1.165) is 6.21 Å². The molecule has 1 saturated carbocycles. The SMILES string of the molecule is CC1=C(C(=O)C(C(=O)OC(C)(C)C)C2CC2)C(S(=O)(=O)O)C(=C=O)C=N1. The first-order valence-electron chi connectivity index (χ1n) is 8.10. The van der Waals surface area contributed by atoms with Crippen LogP contribution in [-0.2, 0) is 29.2 Å². The summed E-state index contributed by atoms with van der Waals surface area (Å²) in [4.78, 5) is 40.5. The standard InChI is InChI=1S/C17H21NO7S/c1-9-12(15(26(22,23)24)11(8-19)7-18-9)14(20)13(10-5-6-10)16(21)25-17(2,3)4/h7,10,13,15H,5-6H2,1-4H3,(H,22,23,24). The van der Waals surface area contributed by atoms with Crippen molar-refractivity contribution >= 4 is 34.0 Å². The average Bonchev–Trinajstić information content (AvgIpc) is 3.28. The van der Waals surface area contributed by atoms with Crippen molar-refractivity contribution in [1.29, 1.82) is 0 Å². The molecule has 0 spiro atoms. The van der Waals surface area contributed by atoms with E-state index in [0.29, 0.717) is 12.8 Å². The van der Waals surface area contributed by atoms with Crippen molar-refractivity contribution in [2.24, 2.45) is 16.8 Å². The largest absolute Gasteiger partial charge is 0.459 e. The van der Waals surface area contributed by atoms with Crippen molar-refractivity contribution in [3.05, 3.63) is 16.8 Å². The average molecular weight is 383 g/mol. The van der Waals surface area contributed by atoms with Gasteiger partial charge in [-0.05, 0) is 46.5 Å². The Labute approximate surface area is 151 Å². The van der Waals surface area contributed by atoms with E-state index in [1.54, 1.807) is 20.8 Å². The lowest BCUT2D eigenvalue weighted by Crippen LogP contribution is -2.40. The van der Waals surface area contributed by atoms with Gasteiger partial charge in [0, 0.05) is 17.5 Å². The van der Waals surface area contributed by atoms with Gasteiger partial charge >= 0.3 is 5.97 Å². The highest BCUT2D eigenvalue weighted by atomic mass is 32.2. The molecule has 2 atom stereocenters. The summed E-state index contributed by atoms with van der Waals surface area (Å²) in [6.45, 7) is 6.34. The number of carbonyl (C=O) groups excluding carboxylic acids is 3. The molecule has 2 rings (SSSR count). The Morgan fingerprint density at radius 2 is 1.92 bits per heavy atom. The minimum Gasteiger partial charge on any atom is -0.459 e. The molecule has 1 aliphatic carbocycles. The fourth-order valence-corrected chi connectivity index (χ4v) is 3.84. The van der Waals surface area contributed by atoms with Crippen LogP contribution >= 0.6 is 0 Å². The number of nitrogens with zero attached hydrogens (tertiary/aromatic N) is 1. The molecule has 8 nitrogen and oxygen atoms in total. The molecule has 0 aromatic carbocycles. The Morgan fingerprint density at radius 3 is 2.35 bits per heavy atom. The first-order chi connectivity index (χ1) is 11.9. The topological polar surface area (TPSA) is 127 Å². The van der Waals surface area contributed by atoms with Crippen LogP contribution in [0.4, 0.5) is 0 Å². The first kappa shape index (κ1) is 20.2. The molecular formula is C17H21NO7S. The number of carbonyl (C=O) groups is 2. The van der Waals surface area contributed by atoms with Gasteiger partial charge in [-0.15, -0.1) is 0 Å². The number of Topliss-reactive ketones (excluding diaryl/α,β-unsaturated/α-hetero) is 1. The van der Waals surface area contributed by atoms with Gasteiger partial charge in [-0.1, -0.05) is 0 Å². The van der Waals surface area contributed by atoms with Crippen LogP contribution in [0, 0.1) is 11.8 Å². The molecule has 142 valence electrons. The van der Waals surface area contributed by atoms with Gasteiger partial charge < -0.3 is 4.74 Å². The molecule has 1 heterocycles. The third kappa shape index (κ3) is 4.35. The number of allylic oxidation sites excluding steroid dienone is 1. The van der Waals surface area contributed by atoms with Crippen LogP contribution < -0.4 is 0 Å². The van der Waals surface area contributed by atoms with E-state index in [9.17, 15) is 27.4 Å². The highest BCUT2D eigenvalue weighted by Crippen LogP contribution is 2.41. The minimum atomic E-state index is -4.84. The van der Waals surface area contributed by atoms with E-state index >= 15 is 0 Å². The van der Waals surface area contributed by atoms with Gasteiger partial charge in [0.25, 0.3) is 10.1 Å². The van der Waals surface area contributed by atoms with Gasteiger partial charge in [0.05, 0.1) is 5.57 Å². The van der Waals surface area contributed by atoms with Crippen LogP contribution in [0.5, 0.6) is 0 Å². The van der Waals surface area contributed by atoms with Crippen molar-refractivity contribution in [3.8, 4) is 0 Å². The summed E-state index contributed by atoms with van der Waals surface area (Å²) < 4.78 is 38.5. The molecule has 1 fully saturated rings. The molecular weight excluding hydrogens is 362 g/mol. The van der Waals surface area contributed by atoms with Crippen molar-refractivity contribution in [3.63, 3.8) is 0 Å². The van der Waals surface area contributed by atoms with Crippen molar-refractivity contribution < 1.29 is 32.1 Å². The maximum atomic E-state index is 13.1. The molecule has 0 aromatic rings. The summed E-state index contributed by atoms with van der Waals surface area (Å²) in [5, 5.41) is -1.91. The van der Waals surface area contributed by atoms with Crippen LogP contribution in [0.25, 0.3) is 0 Å². The van der Waals surface area contributed by atoms with E-state index in [2.05, 4.69) is 4.99 Å². The fraction of sp³-hybridized carbons (Fsp3) is 0.588. The summed E-state index contributed by atoms with van der Waals surface area (Å²) in [6.07, 6.45) is 2.19. The van der Waals surface area contributed by atoms with Gasteiger partial charge in [-0.3, -0.25) is 19.1 Å². The van der Waals surface area contributed by atoms with Gasteiger partial charge in [-0.25, -0.2) is 4.79 Å². The number of rotatable bonds is 5. The zero-order valence-electron chi connectivity index (χ0n) is 15.0. The Balaban J connectivity index is 2.51. The molecule has 0 bridgehead atoms. The summed E-state index contributed by atoms with van der Waals surface area (Å²) >= 11 is 0. The molecule has 9 heteroatoms. The van der Waals surface area contributed by atoms with E-state index in [4.69, 9.17) is 4.74 Å². The van der Waals surface area contributed by atoms with Crippen LogP contribution in [-0.4, -0.2) is 47.7 Å². The monoisotopic (exact) mass is 383 g/mol. The number of hydrogen-bond acceptors (Lipinski definition) is 7. The molecule has 26 heavy (non-hydrogen) atoms. The second-order valence-electron chi connectivity index (χ2n) is 7.42. The number of ether oxygens (including phenoxy) is 1. The number of esters is 1. The fourth-order valence-electron chi connectivity index (χ4n) is 2.82. The van der Waals surface area contributed by atoms with Crippen LogP contribution in [0.2, 0.25) is 0 Å². The van der Waals surface area contributed by atoms with Crippen LogP contribution in [0.15, 0.2) is 21.8 Å². The second-order valence-corrected chi connectivity index (χ2v) is 8.92. The Hall–Kier alpha value is -2.09. The highest BCUT2D eigenvalue weighted by molar-refractivity contribution is 7.87. The van der Waals surface area contributed by atoms with Gasteiger partial charge in [0.1, 0.15) is 17.5 Å². The summed E-state index contributed by atoms with van der Waals surface area (Å²) in [5.41, 5.74) is -1.68. The van der Waals surface area contributed by atoms with E-state index in [-0.39, 0.29) is 11.6 Å². The van der Waals surface area contributed by atoms with Gasteiger partial charge in [0.2, 0.25) is 0 Å². The molecule has 2 unspecified atom stereocenters. The van der Waals surface area contributed by atoms with Crippen molar-refractivity contribution in [2.45, 2.75) is 51.4 Å². The minimum absolute atomic E-state index is 0.0193. The molecule has 0 saturated heterocycles. The second kappa shape index (κ2) is 6.90. The van der Waals surface area contributed by atoms with Crippen molar-refractivity contribution in [1.82, 2.24) is 0 Å². The van der Waals surface area contributed by atoms with E-state index in [1.807, 2.05) is 0 Å². The van der Waals surface area contributed by atoms with Crippen molar-refractivity contribution in [2.75, 3.05) is 0 Å². The predicted octanol–water partition coefficient (Wildman–Crippen LogP) is 1.30. The molecule has 2 aliphatic rings. The zero-order chi connectivity index (χ0) is 19.9. The zero-order valence-corrected chi connectivity index (χ0v) is 15.8. The van der Waals surface area contributed by atoms with E-state index < -0.39 is 49.8 Å². The maximum Gasteiger partial charge on any atom is 0.317 e. The quantitative estimate of drug-likeness (QED) is 0.328. The lowest BCUT2D eigenvalue weighted by Gasteiger charge is -2.26. The number of aliphatic imine (C=N–C) groups is 1. The summed E-state index contributed by atoms with van der Waals surface area (Å²) in [6, 6.07) is 0. The Kier molecular flexibility index (Phi) is 5.37. The smallest absolute Gasteiger partial charge is 0.317 e. The van der Waals surface area contributed by atoms with Crippen LogP contribution in [0.3, 0.4) is 0 Å². The number of hydrogen-bond donors (Lipinski definition) is 1. The molecule has 0 radical (unpaired) electrons. The Morgan fingerprint density at radius 1 is 1.35 bits per heavy atom. The highest BCUT2D eigenvalue weighted by Gasteiger charge is 2.48. The maximum absolute atomic E-state index is 13.1.